The Morgan fingerprint density at radius 3 is 2.11 bits per heavy atom. The lowest BCUT2D eigenvalue weighted by Gasteiger charge is -1.97. The molecule has 1 aromatic heterocycles. The molecule has 0 bridgehead atoms. The van der Waals surface area contributed by atoms with Crippen molar-refractivity contribution in [2.24, 2.45) is 0 Å². The molecular weight excluding hydrogens is 358 g/mol. The Morgan fingerprint density at radius 1 is 0.852 bits per heavy atom. The number of nitrogens with one attached hydrogen (secondary N) is 1. The minimum atomic E-state index is -4.02. The second-order valence-electron chi connectivity index (χ2n) is 6.33. The number of hydrogen-bond donors (Lipinski definition) is 2. The van der Waals surface area contributed by atoms with E-state index >= 15 is 0 Å². The van der Waals surface area contributed by atoms with Crippen molar-refractivity contribution in [1.29, 1.82) is 0 Å². The summed E-state index contributed by atoms with van der Waals surface area (Å²) in [4.78, 5) is 3.38. The molecule has 0 spiro atoms. The number of aromatic amines is 1. The summed E-state index contributed by atoms with van der Waals surface area (Å²) in [7, 11) is -4.02. The van der Waals surface area contributed by atoms with E-state index in [9.17, 15) is 8.42 Å². The van der Waals surface area contributed by atoms with Gasteiger partial charge in [0.25, 0.3) is 10.1 Å². The Morgan fingerprint density at radius 2 is 1.48 bits per heavy atom. The molecule has 1 heterocycles. The van der Waals surface area contributed by atoms with Gasteiger partial charge >= 0.3 is 0 Å². The molecule has 138 valence electrons. The summed E-state index contributed by atoms with van der Waals surface area (Å²) < 4.78 is 29.6. The zero-order chi connectivity index (χ0) is 19.3. The predicted molar refractivity (Wildman–Crippen MR) is 109 cm³/mol. The van der Waals surface area contributed by atoms with Gasteiger partial charge in [0.05, 0.1) is 4.90 Å². The number of benzene rings is 3. The Balaban J connectivity index is 0.000000168. The lowest BCUT2D eigenvalue weighted by atomic mass is 10.1. The van der Waals surface area contributed by atoms with Crippen LogP contribution in [0.2, 0.25) is 0 Å². The fourth-order valence-electron chi connectivity index (χ4n) is 2.75. The minimum absolute atomic E-state index is 0.0666. The number of para-hydroxylation sites is 1. The van der Waals surface area contributed by atoms with E-state index in [-0.39, 0.29) is 4.90 Å². The lowest BCUT2D eigenvalue weighted by molar-refractivity contribution is 0.483. The molecule has 2 N–H and O–H groups in total. The fraction of sp³-hybridized carbons (Fsp3) is 0.0909. The third kappa shape index (κ3) is 5.29. The molecule has 4 rings (SSSR count). The fourth-order valence-corrected chi connectivity index (χ4v) is 3.23. The van der Waals surface area contributed by atoms with Gasteiger partial charge in [-0.05, 0) is 42.1 Å². The summed E-state index contributed by atoms with van der Waals surface area (Å²) in [6, 6.07) is 27.1. The van der Waals surface area contributed by atoms with Crippen LogP contribution in [0.15, 0.2) is 89.8 Å². The van der Waals surface area contributed by atoms with Crippen molar-refractivity contribution in [2.75, 3.05) is 0 Å². The van der Waals surface area contributed by atoms with Crippen LogP contribution in [0.5, 0.6) is 0 Å². The molecule has 0 amide bonds. The average molecular weight is 379 g/mol. The first-order valence-corrected chi connectivity index (χ1v) is 10.0. The number of fused-ring (bicyclic) bond motifs is 1. The summed E-state index contributed by atoms with van der Waals surface area (Å²) in [6.45, 7) is 1.84. The van der Waals surface area contributed by atoms with E-state index in [0.29, 0.717) is 0 Å². The summed E-state index contributed by atoms with van der Waals surface area (Å²) >= 11 is 0. The monoisotopic (exact) mass is 379 g/mol. The van der Waals surface area contributed by atoms with Crippen LogP contribution in [0.4, 0.5) is 0 Å². The van der Waals surface area contributed by atoms with E-state index in [1.807, 2.05) is 6.92 Å². The standard InChI is InChI=1S/C15H13N.C7H8O3S/c1-2-6-12(7-3-1)10-14-11-13-8-4-5-9-15(13)16-14;1-6-2-4-7(5-3-6)11(8,9)10/h1-9,11,16H,10H2;2-5H,1H3,(H,8,9,10). The Bertz CT molecular complexity index is 1080. The van der Waals surface area contributed by atoms with Crippen molar-refractivity contribution in [1.82, 2.24) is 4.98 Å². The van der Waals surface area contributed by atoms with Crippen molar-refractivity contribution >= 4 is 21.0 Å². The summed E-state index contributed by atoms with van der Waals surface area (Å²) in [5, 5.41) is 1.29. The molecule has 5 heteroatoms. The highest BCUT2D eigenvalue weighted by molar-refractivity contribution is 7.85. The van der Waals surface area contributed by atoms with Gasteiger partial charge in [0.2, 0.25) is 0 Å². The van der Waals surface area contributed by atoms with Crippen molar-refractivity contribution in [3.8, 4) is 0 Å². The average Bonchev–Trinajstić information content (AvgIpc) is 3.05. The van der Waals surface area contributed by atoms with Gasteiger partial charge in [0.1, 0.15) is 0 Å². The molecule has 4 nitrogen and oxygen atoms in total. The smallest absolute Gasteiger partial charge is 0.294 e. The van der Waals surface area contributed by atoms with Crippen LogP contribution in [-0.4, -0.2) is 18.0 Å². The molecule has 0 atom stereocenters. The minimum Gasteiger partial charge on any atom is -0.358 e. The molecule has 0 fully saturated rings. The first kappa shape index (κ1) is 18.9. The van der Waals surface area contributed by atoms with E-state index in [4.69, 9.17) is 4.55 Å². The van der Waals surface area contributed by atoms with Crippen molar-refractivity contribution < 1.29 is 13.0 Å². The molecule has 3 aromatic carbocycles. The molecule has 0 saturated heterocycles. The molecule has 0 radical (unpaired) electrons. The van der Waals surface area contributed by atoms with Gasteiger partial charge in [-0.1, -0.05) is 66.2 Å². The van der Waals surface area contributed by atoms with Crippen molar-refractivity contribution in [2.45, 2.75) is 18.2 Å². The molecule has 0 aliphatic heterocycles. The molecule has 0 unspecified atom stereocenters. The van der Waals surface area contributed by atoms with E-state index < -0.39 is 10.1 Å². The number of rotatable bonds is 3. The second kappa shape index (κ2) is 8.20. The Labute approximate surface area is 159 Å². The van der Waals surface area contributed by atoms with E-state index in [1.165, 1.54) is 34.3 Å². The maximum atomic E-state index is 10.5. The number of hydrogen-bond acceptors (Lipinski definition) is 2. The van der Waals surface area contributed by atoms with E-state index in [0.717, 1.165) is 12.0 Å². The quantitative estimate of drug-likeness (QED) is 0.492. The van der Waals surface area contributed by atoms with Gasteiger partial charge in [-0.15, -0.1) is 0 Å². The van der Waals surface area contributed by atoms with Crippen LogP contribution in [0.1, 0.15) is 16.8 Å². The van der Waals surface area contributed by atoms with Crippen LogP contribution >= 0.6 is 0 Å². The zero-order valence-electron chi connectivity index (χ0n) is 15.0. The van der Waals surface area contributed by atoms with Crippen LogP contribution in [0, 0.1) is 6.92 Å². The highest BCUT2D eigenvalue weighted by Crippen LogP contribution is 2.17. The highest BCUT2D eigenvalue weighted by atomic mass is 32.2. The molecule has 4 aromatic rings. The molecule has 27 heavy (non-hydrogen) atoms. The first-order chi connectivity index (χ1) is 12.9. The van der Waals surface area contributed by atoms with Crippen LogP contribution < -0.4 is 0 Å². The van der Waals surface area contributed by atoms with E-state index in [2.05, 4.69) is 65.6 Å². The number of aromatic nitrogens is 1. The maximum absolute atomic E-state index is 10.5. The third-order valence-corrected chi connectivity index (χ3v) is 5.01. The molecule has 0 aliphatic carbocycles. The largest absolute Gasteiger partial charge is 0.358 e. The van der Waals surface area contributed by atoms with Gasteiger partial charge in [0, 0.05) is 17.6 Å². The SMILES string of the molecule is Cc1ccc(S(=O)(=O)O)cc1.c1ccc(Cc2cc3ccccc3[nH]2)cc1. The normalized spacial score (nSPS) is 11.0. The van der Waals surface area contributed by atoms with Gasteiger partial charge in [-0.3, -0.25) is 4.55 Å². The van der Waals surface area contributed by atoms with Crippen LogP contribution in [-0.2, 0) is 16.5 Å². The summed E-state index contributed by atoms with van der Waals surface area (Å²) in [5.41, 5.74) is 4.78. The van der Waals surface area contributed by atoms with Crippen molar-refractivity contribution in [3.05, 3.63) is 102 Å². The summed E-state index contributed by atoms with van der Waals surface area (Å²) in [5.74, 6) is 0. The third-order valence-electron chi connectivity index (χ3n) is 4.14. The highest BCUT2D eigenvalue weighted by Gasteiger charge is 2.06. The first-order valence-electron chi connectivity index (χ1n) is 8.56. The second-order valence-corrected chi connectivity index (χ2v) is 7.75. The Hall–Kier alpha value is -2.89. The number of H-pyrrole nitrogens is 1. The predicted octanol–water partition coefficient (Wildman–Crippen LogP) is 5.00. The lowest BCUT2D eigenvalue weighted by Crippen LogP contribution is -1.96. The topological polar surface area (TPSA) is 70.2 Å². The van der Waals surface area contributed by atoms with Gasteiger partial charge in [0.15, 0.2) is 0 Å². The van der Waals surface area contributed by atoms with Gasteiger partial charge < -0.3 is 4.98 Å². The van der Waals surface area contributed by atoms with Crippen LogP contribution in [0.3, 0.4) is 0 Å². The van der Waals surface area contributed by atoms with E-state index in [1.54, 1.807) is 12.1 Å². The van der Waals surface area contributed by atoms with Crippen LogP contribution in [0.25, 0.3) is 10.9 Å². The maximum Gasteiger partial charge on any atom is 0.294 e. The molecular formula is C22H21NO3S. The Kier molecular flexibility index (Phi) is 5.74. The van der Waals surface area contributed by atoms with Gasteiger partial charge in [-0.25, -0.2) is 0 Å². The molecule has 0 aliphatic rings. The van der Waals surface area contributed by atoms with Crippen molar-refractivity contribution in [3.63, 3.8) is 0 Å². The number of aryl methyl sites for hydroxylation is 1. The van der Waals surface area contributed by atoms with Gasteiger partial charge in [-0.2, -0.15) is 8.42 Å². The molecule has 0 saturated carbocycles. The zero-order valence-corrected chi connectivity index (χ0v) is 15.8. The summed E-state index contributed by atoms with van der Waals surface area (Å²) in [6.07, 6.45) is 0.968.